The molecule has 1 unspecified atom stereocenters. The molecule has 1 N–H and O–H groups in total. The molecule has 0 fully saturated rings. The first kappa shape index (κ1) is 15.1. The Labute approximate surface area is 117 Å². The summed E-state index contributed by atoms with van der Waals surface area (Å²) in [6.45, 7) is 6.63. The number of aliphatic hydroxyl groups is 1. The molecule has 0 radical (unpaired) electrons. The van der Waals surface area contributed by atoms with Gasteiger partial charge in [0, 0.05) is 15.1 Å². The van der Waals surface area contributed by atoms with Crippen molar-refractivity contribution in [2.75, 3.05) is 5.75 Å². The average molecular weight is 317 g/mol. The smallest absolute Gasteiger partial charge is 0.0634 e. The molecule has 0 aromatic heterocycles. The lowest BCUT2D eigenvalue weighted by atomic mass is 9.89. The second-order valence-corrected chi connectivity index (χ2v) is 7.41. The summed E-state index contributed by atoms with van der Waals surface area (Å²) in [5, 5.41) is 9.93. The topological polar surface area (TPSA) is 20.2 Å². The van der Waals surface area contributed by atoms with Crippen LogP contribution in [0.5, 0.6) is 0 Å². The van der Waals surface area contributed by atoms with Crippen molar-refractivity contribution in [2.24, 2.45) is 5.41 Å². The summed E-state index contributed by atoms with van der Waals surface area (Å²) in [5.41, 5.74) is 0.305. The molecule has 0 spiro atoms. The maximum absolute atomic E-state index is 9.93. The van der Waals surface area contributed by atoms with Crippen molar-refractivity contribution in [3.8, 4) is 0 Å². The van der Waals surface area contributed by atoms with Crippen LogP contribution in [0.25, 0.3) is 0 Å². The highest BCUT2D eigenvalue weighted by atomic mass is 79.9. The van der Waals surface area contributed by atoms with Gasteiger partial charge in [-0.15, -0.1) is 11.8 Å². The zero-order valence-electron chi connectivity index (χ0n) is 10.7. The number of hydrogen-bond donors (Lipinski definition) is 1. The van der Waals surface area contributed by atoms with Gasteiger partial charge >= 0.3 is 0 Å². The minimum atomic E-state index is -0.216. The van der Waals surface area contributed by atoms with Crippen molar-refractivity contribution in [1.82, 2.24) is 0 Å². The predicted octanol–water partition coefficient (Wildman–Crippen LogP) is 4.73. The molecule has 17 heavy (non-hydrogen) atoms. The van der Waals surface area contributed by atoms with Crippen LogP contribution in [0, 0.1) is 5.41 Å². The molecule has 0 saturated carbocycles. The van der Waals surface area contributed by atoms with Gasteiger partial charge in [0.25, 0.3) is 0 Å². The lowest BCUT2D eigenvalue weighted by Gasteiger charge is -2.20. The highest BCUT2D eigenvalue weighted by Crippen LogP contribution is 2.29. The van der Waals surface area contributed by atoms with Crippen molar-refractivity contribution in [1.29, 1.82) is 0 Å². The monoisotopic (exact) mass is 316 g/mol. The molecule has 0 heterocycles. The van der Waals surface area contributed by atoms with E-state index in [1.807, 2.05) is 18.2 Å². The van der Waals surface area contributed by atoms with Crippen molar-refractivity contribution >= 4 is 27.7 Å². The van der Waals surface area contributed by atoms with Crippen LogP contribution < -0.4 is 0 Å². The molecular weight excluding hydrogens is 296 g/mol. The normalized spacial score (nSPS) is 13.7. The number of hydrogen-bond acceptors (Lipinski definition) is 2. The van der Waals surface area contributed by atoms with Gasteiger partial charge in [-0.2, -0.15) is 0 Å². The lowest BCUT2D eigenvalue weighted by molar-refractivity contribution is 0.167. The van der Waals surface area contributed by atoms with Crippen LogP contribution in [-0.4, -0.2) is 17.0 Å². The standard InChI is InChI=1S/C14H21BrOS/c1-14(2,3)9-8-11(16)10-17-13-7-5-4-6-12(13)15/h4-7,11,16H,8-10H2,1-3H3. The summed E-state index contributed by atoms with van der Waals surface area (Å²) in [6.07, 6.45) is 1.72. The van der Waals surface area contributed by atoms with Crippen LogP contribution in [-0.2, 0) is 0 Å². The maximum atomic E-state index is 9.93. The number of thioether (sulfide) groups is 1. The van der Waals surface area contributed by atoms with Crippen LogP contribution in [0.1, 0.15) is 33.6 Å². The molecule has 1 nitrogen and oxygen atoms in total. The largest absolute Gasteiger partial charge is 0.392 e. The van der Waals surface area contributed by atoms with Gasteiger partial charge in [0.05, 0.1) is 6.10 Å². The summed E-state index contributed by atoms with van der Waals surface area (Å²) in [6, 6.07) is 8.13. The summed E-state index contributed by atoms with van der Waals surface area (Å²) >= 11 is 5.22. The van der Waals surface area contributed by atoms with Gasteiger partial charge in [0.2, 0.25) is 0 Å². The fourth-order valence-corrected chi connectivity index (χ4v) is 2.98. The molecule has 1 atom stereocenters. The molecule has 0 aliphatic carbocycles. The first-order chi connectivity index (χ1) is 7.88. The molecular formula is C14H21BrOS. The molecule has 1 rings (SSSR count). The first-order valence-electron chi connectivity index (χ1n) is 5.94. The van der Waals surface area contributed by atoms with E-state index < -0.39 is 0 Å². The van der Waals surface area contributed by atoms with Crippen LogP contribution in [0.3, 0.4) is 0 Å². The van der Waals surface area contributed by atoms with Crippen molar-refractivity contribution in [2.45, 2.75) is 44.6 Å². The molecule has 0 amide bonds. The SMILES string of the molecule is CC(C)(C)CCC(O)CSc1ccccc1Br. The molecule has 3 heteroatoms. The lowest BCUT2D eigenvalue weighted by Crippen LogP contribution is -2.14. The fraction of sp³-hybridized carbons (Fsp3) is 0.571. The van der Waals surface area contributed by atoms with E-state index in [9.17, 15) is 5.11 Å². The second kappa shape index (κ2) is 6.81. The van der Waals surface area contributed by atoms with Crippen LogP contribution in [0.4, 0.5) is 0 Å². The average Bonchev–Trinajstić information content (AvgIpc) is 2.24. The van der Waals surface area contributed by atoms with E-state index in [4.69, 9.17) is 0 Å². The Bertz CT molecular complexity index is 346. The van der Waals surface area contributed by atoms with E-state index in [1.165, 1.54) is 4.90 Å². The molecule has 1 aromatic rings. The van der Waals surface area contributed by atoms with E-state index >= 15 is 0 Å². The van der Waals surface area contributed by atoms with Gasteiger partial charge in [-0.1, -0.05) is 32.9 Å². The highest BCUT2D eigenvalue weighted by Gasteiger charge is 2.14. The number of rotatable bonds is 5. The Morgan fingerprint density at radius 1 is 1.29 bits per heavy atom. The van der Waals surface area contributed by atoms with Gasteiger partial charge in [0.1, 0.15) is 0 Å². The Hall–Kier alpha value is 0.01000. The molecule has 0 saturated heterocycles. The van der Waals surface area contributed by atoms with Gasteiger partial charge < -0.3 is 5.11 Å². The van der Waals surface area contributed by atoms with Crippen molar-refractivity contribution in [3.05, 3.63) is 28.7 Å². The van der Waals surface area contributed by atoms with Crippen LogP contribution in [0.15, 0.2) is 33.6 Å². The van der Waals surface area contributed by atoms with Crippen LogP contribution in [0.2, 0.25) is 0 Å². The van der Waals surface area contributed by atoms with E-state index in [0.717, 1.165) is 23.1 Å². The number of halogens is 1. The summed E-state index contributed by atoms with van der Waals surface area (Å²) in [7, 11) is 0. The predicted molar refractivity (Wildman–Crippen MR) is 79.6 cm³/mol. The van der Waals surface area contributed by atoms with Gasteiger partial charge in [-0.25, -0.2) is 0 Å². The van der Waals surface area contributed by atoms with Gasteiger partial charge in [-0.3, -0.25) is 0 Å². The van der Waals surface area contributed by atoms with Gasteiger partial charge in [0.15, 0.2) is 0 Å². The first-order valence-corrected chi connectivity index (χ1v) is 7.72. The highest BCUT2D eigenvalue weighted by molar-refractivity contribution is 9.10. The third-order valence-electron chi connectivity index (χ3n) is 2.50. The molecule has 96 valence electrons. The maximum Gasteiger partial charge on any atom is 0.0634 e. The quantitative estimate of drug-likeness (QED) is 0.792. The van der Waals surface area contributed by atoms with Crippen molar-refractivity contribution in [3.63, 3.8) is 0 Å². The molecule has 0 aliphatic heterocycles. The second-order valence-electron chi connectivity index (χ2n) is 5.49. The third-order valence-corrected chi connectivity index (χ3v) is 4.67. The van der Waals surface area contributed by atoms with Crippen LogP contribution >= 0.6 is 27.7 Å². The summed E-state index contributed by atoms with van der Waals surface area (Å²) in [4.78, 5) is 1.20. The minimum absolute atomic E-state index is 0.216. The Kier molecular flexibility index (Phi) is 6.04. The van der Waals surface area contributed by atoms with Crippen molar-refractivity contribution < 1.29 is 5.11 Å². The minimum Gasteiger partial charge on any atom is -0.392 e. The van der Waals surface area contributed by atoms with E-state index in [0.29, 0.717) is 5.41 Å². The Morgan fingerprint density at radius 2 is 1.94 bits per heavy atom. The zero-order chi connectivity index (χ0) is 12.9. The molecule has 1 aromatic carbocycles. The van der Waals surface area contributed by atoms with E-state index in [-0.39, 0.29) is 6.10 Å². The zero-order valence-corrected chi connectivity index (χ0v) is 13.1. The third kappa shape index (κ3) is 6.49. The molecule has 0 bridgehead atoms. The number of benzene rings is 1. The van der Waals surface area contributed by atoms with Gasteiger partial charge in [-0.05, 0) is 46.3 Å². The summed E-state index contributed by atoms with van der Waals surface area (Å²) < 4.78 is 1.10. The Balaban J connectivity index is 2.34. The fourth-order valence-electron chi connectivity index (χ4n) is 1.43. The van der Waals surface area contributed by atoms with E-state index in [1.54, 1.807) is 11.8 Å². The molecule has 0 aliphatic rings. The van der Waals surface area contributed by atoms with E-state index in [2.05, 4.69) is 42.8 Å². The summed E-state index contributed by atoms with van der Waals surface area (Å²) in [5.74, 6) is 0.763. The Morgan fingerprint density at radius 3 is 2.53 bits per heavy atom. The number of aliphatic hydroxyl groups excluding tert-OH is 1.